The van der Waals surface area contributed by atoms with E-state index in [9.17, 15) is 0 Å². The molecule has 0 aliphatic heterocycles. The fourth-order valence-corrected chi connectivity index (χ4v) is 4.14. The summed E-state index contributed by atoms with van der Waals surface area (Å²) in [6.45, 7) is 3.21. The molecule has 0 amide bonds. The quantitative estimate of drug-likeness (QED) is 0.281. The maximum Gasteiger partial charge on any atom is 0.203 e. The Kier molecular flexibility index (Phi) is 8.63. The lowest BCUT2D eigenvalue weighted by Crippen LogP contribution is -2.02. The van der Waals surface area contributed by atoms with Crippen LogP contribution in [0.3, 0.4) is 0 Å². The van der Waals surface area contributed by atoms with Crippen molar-refractivity contribution in [2.75, 3.05) is 21.3 Å². The molecule has 0 saturated heterocycles. The van der Waals surface area contributed by atoms with Crippen molar-refractivity contribution in [3.8, 4) is 28.6 Å². The van der Waals surface area contributed by atoms with E-state index in [1.54, 1.807) is 21.3 Å². The lowest BCUT2D eigenvalue weighted by molar-refractivity contribution is 0.324. The van der Waals surface area contributed by atoms with Gasteiger partial charge in [0.1, 0.15) is 5.82 Å². The number of fused-ring (bicyclic) bond motifs is 1. The summed E-state index contributed by atoms with van der Waals surface area (Å²) in [5.41, 5.74) is 3.13. The number of aryl methyl sites for hydroxylation is 1. The molecule has 1 heterocycles. The third-order valence-corrected chi connectivity index (χ3v) is 5.81. The number of benzene rings is 2. The van der Waals surface area contributed by atoms with Crippen LogP contribution in [0.4, 0.5) is 0 Å². The number of unbranched alkanes of at least 4 members (excludes halogenated alkanes) is 7. The molecule has 31 heavy (non-hydrogen) atoms. The second-order valence-electron chi connectivity index (χ2n) is 7.96. The van der Waals surface area contributed by atoms with Crippen LogP contribution in [0.2, 0.25) is 0 Å². The second-order valence-corrected chi connectivity index (χ2v) is 7.96. The molecule has 5 heteroatoms. The van der Waals surface area contributed by atoms with Crippen LogP contribution in [0.25, 0.3) is 22.4 Å². The highest BCUT2D eigenvalue weighted by molar-refractivity contribution is 5.81. The van der Waals surface area contributed by atoms with Crippen molar-refractivity contribution in [3.63, 3.8) is 0 Å². The van der Waals surface area contributed by atoms with E-state index in [-0.39, 0.29) is 0 Å². The smallest absolute Gasteiger partial charge is 0.203 e. The molecule has 0 fully saturated rings. The first-order valence-electron chi connectivity index (χ1n) is 11.5. The highest BCUT2D eigenvalue weighted by Crippen LogP contribution is 2.41. The molecular weight excluding hydrogens is 388 g/mol. The number of hydrogen-bond donors (Lipinski definition) is 0. The highest BCUT2D eigenvalue weighted by Gasteiger charge is 2.18. The molecule has 0 atom stereocenters. The molecule has 0 saturated carbocycles. The molecule has 0 radical (unpaired) electrons. The zero-order valence-corrected chi connectivity index (χ0v) is 19.4. The highest BCUT2D eigenvalue weighted by atomic mass is 16.5. The fraction of sp³-hybridized carbons (Fsp3) is 0.500. The first-order valence-corrected chi connectivity index (χ1v) is 11.5. The Balaban J connectivity index is 1.83. The van der Waals surface area contributed by atoms with E-state index < -0.39 is 0 Å². The number of hydrogen-bond acceptors (Lipinski definition) is 4. The summed E-state index contributed by atoms with van der Waals surface area (Å²) in [6, 6.07) is 12.3. The fourth-order valence-electron chi connectivity index (χ4n) is 4.14. The molecular formula is C26H36N2O3. The molecule has 0 N–H and O–H groups in total. The standard InChI is InChI=1S/C26H36N2O3/c1-5-6-7-8-9-10-11-14-17-28-22-16-13-12-15-21(22)27-26(28)20-18-23(29-2)25(31-4)24(19-20)30-3/h12-13,15-16,18-19H,5-11,14,17H2,1-4H3. The Morgan fingerprint density at radius 2 is 1.39 bits per heavy atom. The van der Waals surface area contributed by atoms with E-state index in [0.29, 0.717) is 17.2 Å². The average Bonchev–Trinajstić information content (AvgIpc) is 3.18. The molecule has 1 aromatic heterocycles. The van der Waals surface area contributed by atoms with Gasteiger partial charge in [-0.05, 0) is 30.7 Å². The Labute approximate surface area is 186 Å². The molecule has 2 aromatic carbocycles. The van der Waals surface area contributed by atoms with Crippen molar-refractivity contribution in [2.24, 2.45) is 0 Å². The van der Waals surface area contributed by atoms with Gasteiger partial charge in [0.2, 0.25) is 5.75 Å². The summed E-state index contributed by atoms with van der Waals surface area (Å²) in [7, 11) is 4.91. The minimum absolute atomic E-state index is 0.597. The van der Waals surface area contributed by atoms with Gasteiger partial charge in [-0.2, -0.15) is 0 Å². The summed E-state index contributed by atoms with van der Waals surface area (Å²) in [6.07, 6.45) is 10.4. The van der Waals surface area contributed by atoms with Crippen LogP contribution in [0.1, 0.15) is 58.3 Å². The average molecular weight is 425 g/mol. The summed E-state index contributed by atoms with van der Waals surface area (Å²) in [5, 5.41) is 0. The Hall–Kier alpha value is -2.69. The van der Waals surface area contributed by atoms with E-state index in [0.717, 1.165) is 35.4 Å². The molecule has 168 valence electrons. The van der Waals surface area contributed by atoms with Crippen LogP contribution >= 0.6 is 0 Å². The first kappa shape index (κ1) is 23.0. The van der Waals surface area contributed by atoms with Crippen molar-refractivity contribution in [1.82, 2.24) is 9.55 Å². The SMILES string of the molecule is CCCCCCCCCCn1c(-c2cc(OC)c(OC)c(OC)c2)nc2ccccc21. The second kappa shape index (κ2) is 11.6. The van der Waals surface area contributed by atoms with Gasteiger partial charge in [-0.25, -0.2) is 4.98 Å². The number of imidazole rings is 1. The molecule has 0 aliphatic carbocycles. The van der Waals surface area contributed by atoms with Crippen molar-refractivity contribution in [1.29, 1.82) is 0 Å². The van der Waals surface area contributed by atoms with Crippen LogP contribution in [-0.4, -0.2) is 30.9 Å². The molecule has 3 rings (SSSR count). The first-order chi connectivity index (χ1) is 15.2. The summed E-state index contributed by atoms with van der Waals surface area (Å²) in [4.78, 5) is 4.95. The van der Waals surface area contributed by atoms with Crippen molar-refractivity contribution in [3.05, 3.63) is 36.4 Å². The van der Waals surface area contributed by atoms with Gasteiger partial charge in [-0.1, -0.05) is 64.0 Å². The third kappa shape index (κ3) is 5.52. The number of methoxy groups -OCH3 is 3. The Morgan fingerprint density at radius 3 is 2.00 bits per heavy atom. The van der Waals surface area contributed by atoms with Crippen molar-refractivity contribution >= 4 is 11.0 Å². The minimum Gasteiger partial charge on any atom is -0.493 e. The largest absolute Gasteiger partial charge is 0.493 e. The van der Waals surface area contributed by atoms with Crippen molar-refractivity contribution < 1.29 is 14.2 Å². The zero-order chi connectivity index (χ0) is 22.1. The molecule has 5 nitrogen and oxygen atoms in total. The molecule has 0 bridgehead atoms. The minimum atomic E-state index is 0.597. The lowest BCUT2D eigenvalue weighted by Gasteiger charge is -2.15. The van der Waals surface area contributed by atoms with Gasteiger partial charge in [-0.3, -0.25) is 0 Å². The van der Waals surface area contributed by atoms with Gasteiger partial charge in [0.05, 0.1) is 32.4 Å². The third-order valence-electron chi connectivity index (χ3n) is 5.81. The van der Waals surface area contributed by atoms with E-state index in [1.807, 2.05) is 18.2 Å². The summed E-state index contributed by atoms with van der Waals surface area (Å²) < 4.78 is 18.9. The maximum atomic E-state index is 5.57. The Morgan fingerprint density at radius 1 is 0.774 bits per heavy atom. The number of aromatic nitrogens is 2. The van der Waals surface area contributed by atoms with Gasteiger partial charge < -0.3 is 18.8 Å². The molecule has 0 spiro atoms. The lowest BCUT2D eigenvalue weighted by atomic mass is 10.1. The summed E-state index contributed by atoms with van der Waals surface area (Å²) in [5.74, 6) is 2.81. The van der Waals surface area contributed by atoms with E-state index >= 15 is 0 Å². The van der Waals surface area contributed by atoms with Gasteiger partial charge in [0, 0.05) is 12.1 Å². The van der Waals surface area contributed by atoms with Gasteiger partial charge in [0.15, 0.2) is 11.5 Å². The van der Waals surface area contributed by atoms with Gasteiger partial charge in [0.25, 0.3) is 0 Å². The normalized spacial score (nSPS) is 11.1. The molecule has 3 aromatic rings. The Bertz CT molecular complexity index is 939. The monoisotopic (exact) mass is 424 g/mol. The van der Waals surface area contributed by atoms with Crippen molar-refractivity contribution in [2.45, 2.75) is 64.8 Å². The van der Waals surface area contributed by atoms with Crippen LogP contribution in [-0.2, 0) is 6.54 Å². The topological polar surface area (TPSA) is 45.5 Å². The maximum absolute atomic E-state index is 5.57. The zero-order valence-electron chi connectivity index (χ0n) is 19.4. The van der Waals surface area contributed by atoms with Gasteiger partial charge >= 0.3 is 0 Å². The number of para-hydroxylation sites is 2. The predicted octanol–water partition coefficient (Wildman–Crippen LogP) is 6.87. The number of nitrogens with zero attached hydrogens (tertiary/aromatic N) is 2. The van der Waals surface area contributed by atoms with E-state index in [1.165, 1.54) is 44.9 Å². The van der Waals surface area contributed by atoms with E-state index in [4.69, 9.17) is 19.2 Å². The van der Waals surface area contributed by atoms with Crippen LogP contribution < -0.4 is 14.2 Å². The molecule has 0 unspecified atom stereocenters. The molecule has 0 aliphatic rings. The van der Waals surface area contributed by atoms with E-state index in [2.05, 4.69) is 29.7 Å². The summed E-state index contributed by atoms with van der Waals surface area (Å²) >= 11 is 0. The number of rotatable bonds is 13. The van der Waals surface area contributed by atoms with Crippen LogP contribution in [0.5, 0.6) is 17.2 Å². The predicted molar refractivity (Wildman–Crippen MR) is 127 cm³/mol. The number of ether oxygens (including phenoxy) is 3. The van der Waals surface area contributed by atoms with Crippen LogP contribution in [0, 0.1) is 0 Å². The van der Waals surface area contributed by atoms with Gasteiger partial charge in [-0.15, -0.1) is 0 Å². The van der Waals surface area contributed by atoms with Crippen LogP contribution in [0.15, 0.2) is 36.4 Å².